The van der Waals surface area contributed by atoms with Crippen LogP contribution in [0.2, 0.25) is 0 Å². The second kappa shape index (κ2) is 8.50. The van der Waals surface area contributed by atoms with Gasteiger partial charge in [-0.05, 0) is 16.4 Å². The Morgan fingerprint density at radius 1 is 0.885 bits per heavy atom. The summed E-state index contributed by atoms with van der Waals surface area (Å²) in [6.07, 6.45) is 0. The molecular weight excluding hydrogens is 384 g/mol. The topological polar surface area (TPSA) is 171 Å². The quantitative estimate of drug-likeness (QED) is 0.407. The average Bonchev–Trinajstić information content (AvgIpc) is 2.32. The molecule has 0 saturated heterocycles. The van der Waals surface area contributed by atoms with Crippen molar-refractivity contribution >= 4 is 15.6 Å². The number of nitrogens with two attached hydrogens (primary N) is 1. The Bertz CT molecular complexity index is 666. The molecule has 11 heteroatoms. The van der Waals surface area contributed by atoms with Crippen LogP contribution in [0.25, 0.3) is 0 Å². The molecule has 0 atom stereocenters. The number of benzene rings is 1. The Labute approximate surface area is 153 Å². The first-order chi connectivity index (χ1) is 11.3. The first kappa shape index (κ1) is 25.2. The molecule has 1 aromatic rings. The summed E-state index contributed by atoms with van der Waals surface area (Å²) < 4.78 is 25.3. The lowest BCUT2D eigenvalue weighted by Gasteiger charge is -2.30. The van der Waals surface area contributed by atoms with Crippen LogP contribution in [0.4, 0.5) is 0 Å². The summed E-state index contributed by atoms with van der Waals surface area (Å²) in [5.74, 6) is 0.264. The Hall–Kier alpha value is -0.760. The molecule has 9 nitrogen and oxygen atoms in total. The number of hydrogen-bond donors (Lipinski definition) is 6. The Kier molecular flexibility index (Phi) is 8.25. The lowest BCUT2D eigenvalue weighted by atomic mass is 9.78. The van der Waals surface area contributed by atoms with E-state index in [0.717, 1.165) is 16.7 Å². The number of phosphoric ester groups is 1. The molecule has 0 bridgehead atoms. The highest BCUT2D eigenvalue weighted by Crippen LogP contribution is 2.47. The van der Waals surface area contributed by atoms with Gasteiger partial charge < -0.3 is 24.9 Å². The molecule has 1 aromatic carbocycles. The van der Waals surface area contributed by atoms with Crippen LogP contribution < -0.4 is 10.3 Å². The van der Waals surface area contributed by atoms with Crippen LogP contribution in [0.15, 0.2) is 12.1 Å². The number of hydrogen-bond acceptors (Lipinski definition) is 4. The zero-order chi connectivity index (χ0) is 21.1. The molecule has 26 heavy (non-hydrogen) atoms. The summed E-state index contributed by atoms with van der Waals surface area (Å²) in [6, 6.07) is 3.72. The summed E-state index contributed by atoms with van der Waals surface area (Å²) >= 11 is 0. The summed E-state index contributed by atoms with van der Waals surface area (Å²) in [5, 5.41) is 0. The molecule has 0 aliphatic heterocycles. The third-order valence-corrected chi connectivity index (χ3v) is 3.63. The fraction of sp³-hybridized carbons (Fsp3) is 0.600. The van der Waals surface area contributed by atoms with Gasteiger partial charge in [0.15, 0.2) is 0 Å². The van der Waals surface area contributed by atoms with Crippen molar-refractivity contribution in [2.24, 2.45) is 5.73 Å². The minimum Gasteiger partial charge on any atom is -0.404 e. The summed E-state index contributed by atoms with van der Waals surface area (Å²) in [5.41, 5.74) is 7.53. The molecule has 1 rings (SSSR count). The Balaban J connectivity index is 0.00000110. The molecule has 0 spiro atoms. The number of rotatable bonds is 3. The largest absolute Gasteiger partial charge is 0.524 e. The maximum Gasteiger partial charge on any atom is 0.524 e. The molecule has 0 aliphatic rings. The molecule has 7 N–H and O–H groups in total. The highest BCUT2D eigenvalue weighted by atomic mass is 31.2. The van der Waals surface area contributed by atoms with Gasteiger partial charge in [-0.2, -0.15) is 0 Å². The maximum atomic E-state index is 11.4. The van der Waals surface area contributed by atoms with E-state index in [2.05, 4.69) is 0 Å². The van der Waals surface area contributed by atoms with Crippen LogP contribution in [0, 0.1) is 0 Å². The standard InChI is InChI=1S/C15H26NO4P.H3O4P/c1-14(2,3)11-7-10(9-16)8-12(15(4,5)6)13(11)20-21(17,18)19;1-5(2,3)4/h7-8H,9,16H2,1-6H3,(H2,17,18,19);(H3,1,2,3,4). The van der Waals surface area contributed by atoms with E-state index in [1.165, 1.54) is 0 Å². The minimum atomic E-state index is -4.64. The third-order valence-electron chi connectivity index (χ3n) is 3.21. The molecule has 0 aromatic heterocycles. The molecular formula is C15H29NO8P2. The first-order valence-electron chi connectivity index (χ1n) is 7.67. The monoisotopic (exact) mass is 413 g/mol. The third kappa shape index (κ3) is 9.80. The summed E-state index contributed by atoms with van der Waals surface area (Å²) in [7, 11) is -9.27. The van der Waals surface area contributed by atoms with Gasteiger partial charge in [0, 0.05) is 17.7 Å². The van der Waals surface area contributed by atoms with E-state index in [0.29, 0.717) is 6.54 Å². The van der Waals surface area contributed by atoms with Crippen LogP contribution in [-0.4, -0.2) is 24.5 Å². The van der Waals surface area contributed by atoms with E-state index in [4.69, 9.17) is 29.5 Å². The molecule has 0 aliphatic carbocycles. The van der Waals surface area contributed by atoms with Crippen LogP contribution in [0.3, 0.4) is 0 Å². The van der Waals surface area contributed by atoms with Crippen molar-refractivity contribution in [1.29, 1.82) is 0 Å². The molecule has 0 unspecified atom stereocenters. The SMILES string of the molecule is CC(C)(C)c1cc(CN)cc(C(C)(C)C)c1OP(=O)(O)O.O=P(O)(O)O. The first-order valence-corrected chi connectivity index (χ1v) is 10.8. The second-order valence-electron chi connectivity index (χ2n) is 7.82. The van der Waals surface area contributed by atoms with E-state index in [1.54, 1.807) is 0 Å². The molecule has 0 fully saturated rings. The van der Waals surface area contributed by atoms with Gasteiger partial charge in [0.25, 0.3) is 0 Å². The van der Waals surface area contributed by atoms with Crippen LogP contribution >= 0.6 is 15.6 Å². The molecule has 152 valence electrons. The fourth-order valence-corrected chi connectivity index (χ4v) is 2.57. The molecule has 0 heterocycles. The van der Waals surface area contributed by atoms with Crippen molar-refractivity contribution in [2.45, 2.75) is 58.9 Å². The van der Waals surface area contributed by atoms with E-state index in [-0.39, 0.29) is 16.6 Å². The van der Waals surface area contributed by atoms with Gasteiger partial charge >= 0.3 is 15.6 Å². The van der Waals surface area contributed by atoms with Crippen molar-refractivity contribution in [3.63, 3.8) is 0 Å². The lowest BCUT2D eigenvalue weighted by molar-refractivity contribution is 0.274. The molecule has 0 radical (unpaired) electrons. The maximum absolute atomic E-state index is 11.4. The fourth-order valence-electron chi connectivity index (χ4n) is 2.14. The summed E-state index contributed by atoms with van der Waals surface area (Å²) in [4.78, 5) is 40.0. The number of phosphoric acid groups is 2. The predicted octanol–water partition coefficient (Wildman–Crippen LogP) is 2.28. The Morgan fingerprint density at radius 3 is 1.38 bits per heavy atom. The smallest absolute Gasteiger partial charge is 0.404 e. The normalized spacial score (nSPS) is 13.1. The molecule has 0 saturated carbocycles. The van der Waals surface area contributed by atoms with E-state index in [1.807, 2.05) is 53.7 Å². The minimum absolute atomic E-state index is 0.264. The van der Waals surface area contributed by atoms with Gasteiger partial charge in [0.2, 0.25) is 0 Å². The highest BCUT2D eigenvalue weighted by molar-refractivity contribution is 7.46. The van der Waals surface area contributed by atoms with Crippen molar-refractivity contribution < 1.29 is 38.1 Å². The average molecular weight is 413 g/mol. The van der Waals surface area contributed by atoms with E-state index >= 15 is 0 Å². The van der Waals surface area contributed by atoms with Crippen LogP contribution in [0.1, 0.15) is 58.2 Å². The molecule has 0 amide bonds. The van der Waals surface area contributed by atoms with Gasteiger partial charge in [0.05, 0.1) is 0 Å². The van der Waals surface area contributed by atoms with Crippen molar-refractivity contribution in [3.8, 4) is 5.75 Å². The highest BCUT2D eigenvalue weighted by Gasteiger charge is 2.31. The van der Waals surface area contributed by atoms with Gasteiger partial charge in [0.1, 0.15) is 5.75 Å². The van der Waals surface area contributed by atoms with E-state index < -0.39 is 15.6 Å². The second-order valence-corrected chi connectivity index (χ2v) is 10.0. The lowest BCUT2D eigenvalue weighted by Crippen LogP contribution is -2.20. The summed E-state index contributed by atoms with van der Waals surface area (Å²) in [6.45, 7) is 12.2. The Morgan fingerprint density at radius 2 is 1.19 bits per heavy atom. The zero-order valence-corrected chi connectivity index (χ0v) is 17.6. The van der Waals surface area contributed by atoms with Crippen LogP contribution in [-0.2, 0) is 26.5 Å². The van der Waals surface area contributed by atoms with Gasteiger partial charge in [-0.1, -0.05) is 53.7 Å². The van der Waals surface area contributed by atoms with Gasteiger partial charge in [-0.25, -0.2) is 9.13 Å². The van der Waals surface area contributed by atoms with Crippen LogP contribution in [0.5, 0.6) is 5.75 Å². The zero-order valence-electron chi connectivity index (χ0n) is 15.8. The van der Waals surface area contributed by atoms with Crippen molar-refractivity contribution in [2.75, 3.05) is 0 Å². The van der Waals surface area contributed by atoms with Crippen molar-refractivity contribution in [1.82, 2.24) is 0 Å². The van der Waals surface area contributed by atoms with Gasteiger partial charge in [-0.3, -0.25) is 9.79 Å². The van der Waals surface area contributed by atoms with E-state index in [9.17, 15) is 14.4 Å². The van der Waals surface area contributed by atoms with Crippen molar-refractivity contribution in [3.05, 3.63) is 28.8 Å². The van der Waals surface area contributed by atoms with Gasteiger partial charge in [-0.15, -0.1) is 0 Å². The predicted molar refractivity (Wildman–Crippen MR) is 98.7 cm³/mol.